The Labute approximate surface area is 254 Å². The maximum atomic E-state index is 14.8. The molecule has 0 saturated carbocycles. The van der Waals surface area contributed by atoms with Crippen LogP contribution in [0.4, 0.5) is 15.9 Å². The van der Waals surface area contributed by atoms with Crippen molar-refractivity contribution in [3.63, 3.8) is 0 Å². The van der Waals surface area contributed by atoms with Crippen LogP contribution in [0, 0.1) is 12.7 Å². The van der Waals surface area contributed by atoms with E-state index in [9.17, 15) is 14.0 Å². The fourth-order valence-corrected chi connectivity index (χ4v) is 6.18. The number of hydrogen-bond acceptors (Lipinski definition) is 7. The summed E-state index contributed by atoms with van der Waals surface area (Å²) in [5.41, 5.74) is 8.97. The van der Waals surface area contributed by atoms with Gasteiger partial charge in [-0.25, -0.2) is 18.7 Å². The predicted octanol–water partition coefficient (Wildman–Crippen LogP) is 5.18. The van der Waals surface area contributed by atoms with E-state index in [1.54, 1.807) is 29.3 Å². The standard InChI is InChI=1S/C32H35ClFN7O2/c1-7-27(42)40-19(5)15-39(16-20(40)6)30-22-13-23(33)26(14-21-24(34)9-8-10-25(21)35)37-31(22)41(32(43)38-30)29-18(4)11-12-36-28(29)17(2)3/h7-13,17,19-20H,1,14-16,35H2,2-6H3/t19-,20+. The lowest BCUT2D eigenvalue weighted by molar-refractivity contribution is -0.130. The second kappa shape index (κ2) is 11.8. The lowest BCUT2D eigenvalue weighted by atomic mass is 10.0. The van der Waals surface area contributed by atoms with Gasteiger partial charge >= 0.3 is 5.69 Å². The molecule has 0 aliphatic carbocycles. The minimum Gasteiger partial charge on any atom is -0.398 e. The van der Waals surface area contributed by atoms with Crippen molar-refractivity contribution < 1.29 is 9.18 Å². The van der Waals surface area contributed by atoms with E-state index in [1.807, 2.05) is 45.6 Å². The molecule has 5 rings (SSSR count). The Kier molecular flexibility index (Phi) is 8.25. The average Bonchev–Trinajstić information content (AvgIpc) is 2.95. The Morgan fingerprint density at radius 2 is 1.91 bits per heavy atom. The molecule has 0 bridgehead atoms. The highest BCUT2D eigenvalue weighted by Gasteiger charge is 2.34. The number of nitrogen functional groups attached to an aromatic ring is 1. The van der Waals surface area contributed by atoms with Crippen LogP contribution in [0.3, 0.4) is 0 Å². The molecule has 1 aromatic carbocycles. The number of amides is 1. The second-order valence-corrected chi connectivity index (χ2v) is 11.8. The maximum absolute atomic E-state index is 14.8. The molecule has 224 valence electrons. The fourth-order valence-electron chi connectivity index (χ4n) is 5.96. The first kappa shape index (κ1) is 30.2. The number of hydrogen-bond donors (Lipinski definition) is 1. The van der Waals surface area contributed by atoms with Gasteiger partial charge in [-0.1, -0.05) is 38.1 Å². The minimum absolute atomic E-state index is 0.00122. The summed E-state index contributed by atoms with van der Waals surface area (Å²) >= 11 is 6.82. The third-order valence-electron chi connectivity index (χ3n) is 7.95. The summed E-state index contributed by atoms with van der Waals surface area (Å²) in [5.74, 6) is -0.202. The van der Waals surface area contributed by atoms with E-state index in [-0.39, 0.29) is 46.6 Å². The molecule has 0 radical (unpaired) electrons. The number of carbonyl (C=O) groups is 1. The monoisotopic (exact) mass is 603 g/mol. The highest BCUT2D eigenvalue weighted by molar-refractivity contribution is 6.32. The van der Waals surface area contributed by atoms with Crippen LogP contribution in [0.15, 0.2) is 54.0 Å². The van der Waals surface area contributed by atoms with Gasteiger partial charge in [0.1, 0.15) is 11.6 Å². The van der Waals surface area contributed by atoms with E-state index < -0.39 is 11.5 Å². The molecule has 11 heteroatoms. The zero-order valence-corrected chi connectivity index (χ0v) is 25.7. The van der Waals surface area contributed by atoms with Crippen molar-refractivity contribution in [1.82, 2.24) is 24.4 Å². The second-order valence-electron chi connectivity index (χ2n) is 11.4. The molecule has 1 aliphatic heterocycles. The highest BCUT2D eigenvalue weighted by Crippen LogP contribution is 2.34. The first-order valence-corrected chi connectivity index (χ1v) is 14.6. The van der Waals surface area contributed by atoms with E-state index in [1.165, 1.54) is 16.7 Å². The number of nitrogens with zero attached hydrogens (tertiary/aromatic N) is 6. The van der Waals surface area contributed by atoms with Gasteiger partial charge in [0, 0.05) is 49.0 Å². The summed E-state index contributed by atoms with van der Waals surface area (Å²) in [6.45, 7) is 14.3. The predicted molar refractivity (Wildman–Crippen MR) is 169 cm³/mol. The van der Waals surface area contributed by atoms with Crippen molar-refractivity contribution >= 4 is 40.0 Å². The molecule has 1 aliphatic rings. The Morgan fingerprint density at radius 1 is 1.21 bits per heavy atom. The van der Waals surface area contributed by atoms with Gasteiger partial charge in [0.25, 0.3) is 0 Å². The number of pyridine rings is 2. The lowest BCUT2D eigenvalue weighted by Crippen LogP contribution is -2.58. The fraction of sp³-hybridized carbons (Fsp3) is 0.344. The van der Waals surface area contributed by atoms with E-state index in [2.05, 4.69) is 16.5 Å². The highest BCUT2D eigenvalue weighted by atomic mass is 35.5. The van der Waals surface area contributed by atoms with E-state index >= 15 is 0 Å². The third kappa shape index (κ3) is 5.47. The Hall–Kier alpha value is -4.31. The van der Waals surface area contributed by atoms with Gasteiger partial charge < -0.3 is 15.5 Å². The van der Waals surface area contributed by atoms with Crippen molar-refractivity contribution in [2.75, 3.05) is 23.7 Å². The van der Waals surface area contributed by atoms with Crippen molar-refractivity contribution in [2.24, 2.45) is 0 Å². The quantitative estimate of drug-likeness (QED) is 0.239. The number of halogens is 2. The van der Waals surface area contributed by atoms with Crippen LogP contribution in [-0.4, -0.2) is 55.5 Å². The van der Waals surface area contributed by atoms with Gasteiger partial charge in [0.2, 0.25) is 5.91 Å². The minimum atomic E-state index is -0.531. The molecule has 4 heterocycles. The number of carbonyl (C=O) groups excluding carboxylic acids is 1. The Bertz CT molecular complexity index is 1770. The van der Waals surface area contributed by atoms with E-state index in [4.69, 9.17) is 22.3 Å². The largest absolute Gasteiger partial charge is 0.398 e. The summed E-state index contributed by atoms with van der Waals surface area (Å²) in [6.07, 6.45) is 3.05. The summed E-state index contributed by atoms with van der Waals surface area (Å²) in [6, 6.07) is 7.73. The molecule has 0 unspecified atom stereocenters. The number of rotatable bonds is 6. The topological polar surface area (TPSA) is 110 Å². The summed E-state index contributed by atoms with van der Waals surface area (Å²) < 4.78 is 16.3. The number of aromatic nitrogens is 4. The third-order valence-corrected chi connectivity index (χ3v) is 8.27. The molecular formula is C32H35ClFN7O2. The van der Waals surface area contributed by atoms with Crippen molar-refractivity contribution in [2.45, 2.75) is 59.0 Å². The van der Waals surface area contributed by atoms with Crippen LogP contribution in [0.25, 0.3) is 16.7 Å². The van der Waals surface area contributed by atoms with Gasteiger partial charge in [-0.2, -0.15) is 4.98 Å². The molecular weight excluding hydrogens is 569 g/mol. The van der Waals surface area contributed by atoms with Crippen LogP contribution in [0.1, 0.15) is 56.1 Å². The van der Waals surface area contributed by atoms with Crippen molar-refractivity contribution in [3.8, 4) is 5.69 Å². The van der Waals surface area contributed by atoms with Crippen molar-refractivity contribution in [1.29, 1.82) is 0 Å². The van der Waals surface area contributed by atoms with Gasteiger partial charge in [-0.3, -0.25) is 9.78 Å². The van der Waals surface area contributed by atoms with Crippen LogP contribution in [0.5, 0.6) is 0 Å². The number of fused-ring (bicyclic) bond motifs is 1. The average molecular weight is 604 g/mol. The summed E-state index contributed by atoms with van der Waals surface area (Å²) in [7, 11) is 0. The molecule has 1 amide bonds. The van der Waals surface area contributed by atoms with Crippen LogP contribution in [0.2, 0.25) is 5.02 Å². The van der Waals surface area contributed by atoms with Crippen LogP contribution < -0.4 is 16.3 Å². The number of nitrogens with two attached hydrogens (primary N) is 1. The summed E-state index contributed by atoms with van der Waals surface area (Å²) in [5, 5.41) is 0.840. The lowest BCUT2D eigenvalue weighted by Gasteiger charge is -2.44. The van der Waals surface area contributed by atoms with Crippen LogP contribution >= 0.6 is 11.6 Å². The number of anilines is 2. The molecule has 3 aromatic heterocycles. The Morgan fingerprint density at radius 3 is 2.53 bits per heavy atom. The smallest absolute Gasteiger partial charge is 0.355 e. The zero-order chi connectivity index (χ0) is 31.2. The Balaban J connectivity index is 1.77. The summed E-state index contributed by atoms with van der Waals surface area (Å²) in [4.78, 5) is 44.5. The number of aryl methyl sites for hydroxylation is 1. The van der Waals surface area contributed by atoms with Gasteiger partial charge in [-0.05, 0) is 62.6 Å². The SMILES string of the molecule is C=CC(=O)N1[C@H](C)CN(c2nc(=O)n(-c3c(C)ccnc3C(C)C)c3nc(Cc4c(N)cccc4F)c(Cl)cc23)C[C@@H]1C. The van der Waals surface area contributed by atoms with Gasteiger partial charge in [-0.15, -0.1) is 0 Å². The number of piperazine rings is 1. The molecule has 43 heavy (non-hydrogen) atoms. The maximum Gasteiger partial charge on any atom is 0.355 e. The molecule has 9 nitrogen and oxygen atoms in total. The number of benzene rings is 1. The molecule has 2 N–H and O–H groups in total. The van der Waals surface area contributed by atoms with Crippen LogP contribution in [-0.2, 0) is 11.2 Å². The van der Waals surface area contributed by atoms with E-state index in [0.717, 1.165) is 5.56 Å². The van der Waals surface area contributed by atoms with Crippen molar-refractivity contribution in [3.05, 3.63) is 93.0 Å². The molecule has 4 aromatic rings. The normalized spacial score (nSPS) is 17.1. The first-order valence-electron chi connectivity index (χ1n) is 14.2. The van der Waals surface area contributed by atoms with Gasteiger partial charge in [0.05, 0.1) is 27.5 Å². The molecule has 1 fully saturated rings. The molecule has 1 saturated heterocycles. The molecule has 0 spiro atoms. The zero-order valence-electron chi connectivity index (χ0n) is 24.9. The molecule has 2 atom stereocenters. The van der Waals surface area contributed by atoms with Gasteiger partial charge in [0.15, 0.2) is 5.65 Å². The first-order chi connectivity index (χ1) is 20.4. The van der Waals surface area contributed by atoms with E-state index in [0.29, 0.717) is 47.0 Å².